The number of sulfonamides is 1. The Morgan fingerprint density at radius 2 is 2.00 bits per heavy atom. The number of halogens is 1. The minimum absolute atomic E-state index is 0.0959. The van der Waals surface area contributed by atoms with Crippen LogP contribution < -0.4 is 4.72 Å². The van der Waals surface area contributed by atoms with Gasteiger partial charge in [0.2, 0.25) is 10.0 Å². The Balaban J connectivity index is 2.93. The zero-order valence-electron chi connectivity index (χ0n) is 11.1. The molecule has 19 heavy (non-hydrogen) atoms. The Labute approximate surface area is 113 Å². The minimum Gasteiger partial charge on any atom is -0.211 e. The Morgan fingerprint density at radius 1 is 1.37 bits per heavy atom. The first-order valence-electron chi connectivity index (χ1n) is 5.97. The Hall–Kier alpha value is -1.45. The van der Waals surface area contributed by atoms with E-state index >= 15 is 0 Å². The summed E-state index contributed by atoms with van der Waals surface area (Å²) in [6.07, 6.45) is 0. The Bertz CT molecular complexity index is 591. The predicted molar refractivity (Wildman–Crippen MR) is 70.3 cm³/mol. The molecule has 0 amide bonds. The van der Waals surface area contributed by atoms with Crippen molar-refractivity contribution in [3.63, 3.8) is 0 Å². The molecule has 0 aliphatic carbocycles. The van der Waals surface area contributed by atoms with Gasteiger partial charge in [-0.1, -0.05) is 20.8 Å². The first-order valence-corrected chi connectivity index (χ1v) is 7.45. The van der Waals surface area contributed by atoms with E-state index in [1.54, 1.807) is 6.07 Å². The van der Waals surface area contributed by atoms with Crippen LogP contribution in [0.4, 0.5) is 4.39 Å². The molecule has 1 unspecified atom stereocenters. The molecule has 0 bridgehead atoms. The predicted octanol–water partition coefficient (Wildman–Crippen LogP) is 2.27. The molecule has 0 fully saturated rings. The van der Waals surface area contributed by atoms with Crippen molar-refractivity contribution in [1.29, 1.82) is 5.26 Å². The van der Waals surface area contributed by atoms with Crippen molar-refractivity contribution >= 4 is 10.0 Å². The molecule has 1 atom stereocenters. The molecule has 1 N–H and O–H groups in total. The van der Waals surface area contributed by atoms with Crippen LogP contribution in [0.2, 0.25) is 0 Å². The minimum atomic E-state index is -3.71. The van der Waals surface area contributed by atoms with E-state index in [9.17, 15) is 12.8 Å². The van der Waals surface area contributed by atoms with E-state index in [1.165, 1.54) is 0 Å². The molecular formula is C13H17FN2O2S. The highest BCUT2D eigenvalue weighted by atomic mass is 32.2. The number of hydrogen-bond donors (Lipinski definition) is 1. The van der Waals surface area contributed by atoms with Crippen LogP contribution in [0.15, 0.2) is 23.1 Å². The van der Waals surface area contributed by atoms with E-state index in [0.29, 0.717) is 12.5 Å². The van der Waals surface area contributed by atoms with Crippen molar-refractivity contribution in [3.8, 4) is 6.07 Å². The molecule has 1 aromatic carbocycles. The van der Waals surface area contributed by atoms with E-state index in [-0.39, 0.29) is 16.4 Å². The quantitative estimate of drug-likeness (QED) is 0.901. The van der Waals surface area contributed by atoms with Crippen LogP contribution in [0, 0.1) is 29.0 Å². The molecule has 0 aliphatic rings. The molecule has 0 saturated carbocycles. The molecule has 0 aromatic heterocycles. The summed E-state index contributed by atoms with van der Waals surface area (Å²) < 4.78 is 39.6. The molecule has 4 nitrogen and oxygen atoms in total. The van der Waals surface area contributed by atoms with Gasteiger partial charge in [-0.2, -0.15) is 5.26 Å². The molecule has 0 radical (unpaired) electrons. The van der Waals surface area contributed by atoms with Crippen LogP contribution >= 0.6 is 0 Å². The number of nitrogens with zero attached hydrogens (tertiary/aromatic N) is 1. The first-order chi connectivity index (χ1) is 8.77. The highest BCUT2D eigenvalue weighted by Crippen LogP contribution is 2.15. The van der Waals surface area contributed by atoms with E-state index in [2.05, 4.69) is 4.72 Å². The van der Waals surface area contributed by atoms with Gasteiger partial charge < -0.3 is 0 Å². The van der Waals surface area contributed by atoms with Crippen LogP contribution in [0.3, 0.4) is 0 Å². The number of benzene rings is 1. The van der Waals surface area contributed by atoms with Crippen LogP contribution in [-0.2, 0) is 10.0 Å². The number of hydrogen-bond acceptors (Lipinski definition) is 3. The maximum atomic E-state index is 13.1. The number of rotatable bonds is 5. The topological polar surface area (TPSA) is 70.0 Å². The van der Waals surface area contributed by atoms with E-state index in [1.807, 2.05) is 20.8 Å². The van der Waals surface area contributed by atoms with Crippen molar-refractivity contribution in [2.24, 2.45) is 11.8 Å². The Kier molecular flexibility index (Phi) is 5.04. The fourth-order valence-electron chi connectivity index (χ4n) is 1.32. The molecule has 1 rings (SSSR count). The van der Waals surface area contributed by atoms with Gasteiger partial charge in [0, 0.05) is 6.54 Å². The zero-order valence-corrected chi connectivity index (χ0v) is 12.0. The van der Waals surface area contributed by atoms with E-state index in [4.69, 9.17) is 5.26 Å². The highest BCUT2D eigenvalue weighted by Gasteiger charge is 2.18. The molecule has 1 aromatic rings. The summed E-state index contributed by atoms with van der Waals surface area (Å²) in [5.41, 5.74) is -0.278. The Morgan fingerprint density at radius 3 is 2.53 bits per heavy atom. The average Bonchev–Trinajstić information content (AvgIpc) is 2.36. The summed E-state index contributed by atoms with van der Waals surface area (Å²) in [5, 5.41) is 8.69. The van der Waals surface area contributed by atoms with Gasteiger partial charge >= 0.3 is 0 Å². The average molecular weight is 284 g/mol. The molecular weight excluding hydrogens is 267 g/mol. The van der Waals surface area contributed by atoms with Crippen molar-refractivity contribution in [3.05, 3.63) is 29.6 Å². The number of nitrogens with one attached hydrogen (secondary N) is 1. The lowest BCUT2D eigenvalue weighted by Crippen LogP contribution is -2.30. The second-order valence-corrected chi connectivity index (χ2v) is 6.59. The SMILES string of the molecule is CC(C)C(C)CNS(=O)(=O)c1ccc(F)c(C#N)c1. The smallest absolute Gasteiger partial charge is 0.211 e. The number of nitriles is 1. The molecule has 0 spiro atoms. The van der Waals surface area contributed by atoms with Crippen LogP contribution in [0.25, 0.3) is 0 Å². The standard InChI is InChI=1S/C13H17FN2O2S/c1-9(2)10(3)8-16-19(17,18)12-4-5-13(14)11(6-12)7-15/h4-6,9-10,16H,8H2,1-3H3. The summed E-state index contributed by atoms with van der Waals surface area (Å²) in [6.45, 7) is 6.26. The summed E-state index contributed by atoms with van der Waals surface area (Å²) >= 11 is 0. The lowest BCUT2D eigenvalue weighted by atomic mass is 9.99. The van der Waals surface area contributed by atoms with Crippen molar-refractivity contribution in [2.45, 2.75) is 25.7 Å². The van der Waals surface area contributed by atoms with Crippen LogP contribution in [0.1, 0.15) is 26.3 Å². The lowest BCUT2D eigenvalue weighted by molar-refractivity contribution is 0.414. The zero-order chi connectivity index (χ0) is 14.6. The first kappa shape index (κ1) is 15.6. The van der Waals surface area contributed by atoms with Crippen LogP contribution in [-0.4, -0.2) is 15.0 Å². The molecule has 0 saturated heterocycles. The van der Waals surface area contributed by atoms with Gasteiger partial charge in [0.05, 0.1) is 10.5 Å². The van der Waals surface area contributed by atoms with Gasteiger partial charge in [0.1, 0.15) is 11.9 Å². The third-order valence-corrected chi connectivity index (χ3v) is 4.52. The van der Waals surface area contributed by atoms with Gasteiger partial charge in [0.25, 0.3) is 0 Å². The van der Waals surface area contributed by atoms with Gasteiger partial charge in [-0.05, 0) is 30.0 Å². The van der Waals surface area contributed by atoms with Crippen molar-refractivity contribution in [2.75, 3.05) is 6.54 Å². The molecule has 104 valence electrons. The summed E-state index contributed by atoms with van der Waals surface area (Å²) in [4.78, 5) is -0.0959. The molecule has 0 heterocycles. The largest absolute Gasteiger partial charge is 0.240 e. The van der Waals surface area contributed by atoms with Crippen molar-refractivity contribution < 1.29 is 12.8 Å². The lowest BCUT2D eigenvalue weighted by Gasteiger charge is -2.16. The third kappa shape index (κ3) is 4.01. The van der Waals surface area contributed by atoms with E-state index < -0.39 is 15.8 Å². The fourth-order valence-corrected chi connectivity index (χ4v) is 2.49. The molecule has 6 heteroatoms. The third-order valence-electron chi connectivity index (χ3n) is 3.10. The normalized spacial score (nSPS) is 13.3. The maximum absolute atomic E-state index is 13.1. The summed E-state index contributed by atoms with van der Waals surface area (Å²) in [5.74, 6) is -0.187. The van der Waals surface area contributed by atoms with E-state index in [0.717, 1.165) is 18.2 Å². The monoisotopic (exact) mass is 284 g/mol. The summed E-state index contributed by atoms with van der Waals surface area (Å²) in [7, 11) is -3.71. The van der Waals surface area contributed by atoms with Gasteiger partial charge in [-0.3, -0.25) is 0 Å². The fraction of sp³-hybridized carbons (Fsp3) is 0.462. The maximum Gasteiger partial charge on any atom is 0.240 e. The molecule has 0 aliphatic heterocycles. The second kappa shape index (κ2) is 6.13. The van der Waals surface area contributed by atoms with Crippen molar-refractivity contribution in [1.82, 2.24) is 4.72 Å². The van der Waals surface area contributed by atoms with Gasteiger partial charge in [-0.15, -0.1) is 0 Å². The second-order valence-electron chi connectivity index (χ2n) is 4.83. The summed E-state index contributed by atoms with van der Waals surface area (Å²) in [6, 6.07) is 4.80. The van der Waals surface area contributed by atoms with Crippen LogP contribution in [0.5, 0.6) is 0 Å². The van der Waals surface area contributed by atoms with Gasteiger partial charge in [-0.25, -0.2) is 17.5 Å². The highest BCUT2D eigenvalue weighted by molar-refractivity contribution is 7.89. The van der Waals surface area contributed by atoms with Gasteiger partial charge in [0.15, 0.2) is 0 Å².